The zero-order valence-corrected chi connectivity index (χ0v) is 17.3. The molecular weight excluding hydrogens is 372 g/mol. The number of benzene rings is 2. The standard InChI is InChI=1S/C24H27ClO3/c1-3-27-24(26)14-8-18-7-13-23(17(2)15-18)28-16-20-5-4-6-22(20)19-9-11-21(25)12-10-19/h7,9-13,15H,3-6,8,14,16H2,1-2H3. The molecule has 0 spiro atoms. The highest BCUT2D eigenvalue weighted by molar-refractivity contribution is 6.30. The lowest BCUT2D eigenvalue weighted by atomic mass is 10.0. The van der Waals surface area contributed by atoms with Crippen LogP contribution in [0.1, 0.15) is 49.3 Å². The van der Waals surface area contributed by atoms with Crippen LogP contribution in [0.15, 0.2) is 48.0 Å². The Morgan fingerprint density at radius 2 is 1.89 bits per heavy atom. The fourth-order valence-electron chi connectivity index (χ4n) is 3.64. The second-order valence-electron chi connectivity index (χ2n) is 7.14. The van der Waals surface area contributed by atoms with Gasteiger partial charge in [0.15, 0.2) is 0 Å². The number of ether oxygens (including phenoxy) is 2. The molecule has 0 radical (unpaired) electrons. The summed E-state index contributed by atoms with van der Waals surface area (Å²) in [6, 6.07) is 14.2. The van der Waals surface area contributed by atoms with Crippen molar-refractivity contribution in [3.8, 4) is 5.75 Å². The summed E-state index contributed by atoms with van der Waals surface area (Å²) in [5, 5.41) is 0.763. The van der Waals surface area contributed by atoms with Gasteiger partial charge in [0.05, 0.1) is 6.61 Å². The van der Waals surface area contributed by atoms with Crippen LogP contribution in [-0.4, -0.2) is 19.2 Å². The molecule has 3 nitrogen and oxygen atoms in total. The van der Waals surface area contributed by atoms with Crippen molar-refractivity contribution < 1.29 is 14.3 Å². The van der Waals surface area contributed by atoms with E-state index in [0.717, 1.165) is 34.7 Å². The molecule has 1 aliphatic rings. The normalized spacial score (nSPS) is 13.7. The smallest absolute Gasteiger partial charge is 0.306 e. The lowest BCUT2D eigenvalue weighted by molar-refractivity contribution is -0.143. The van der Waals surface area contributed by atoms with Gasteiger partial charge in [0.1, 0.15) is 12.4 Å². The molecule has 1 aliphatic carbocycles. The molecule has 0 aromatic heterocycles. The van der Waals surface area contributed by atoms with Crippen molar-refractivity contribution in [2.24, 2.45) is 0 Å². The Morgan fingerprint density at radius 3 is 2.61 bits per heavy atom. The molecule has 0 fully saturated rings. The minimum Gasteiger partial charge on any atom is -0.489 e. The average Bonchev–Trinajstić information content (AvgIpc) is 3.15. The summed E-state index contributed by atoms with van der Waals surface area (Å²) in [5.41, 5.74) is 6.22. The molecule has 0 amide bonds. The zero-order chi connectivity index (χ0) is 19.9. The predicted molar refractivity (Wildman–Crippen MR) is 114 cm³/mol. The van der Waals surface area contributed by atoms with E-state index < -0.39 is 0 Å². The average molecular weight is 399 g/mol. The molecule has 2 aromatic carbocycles. The molecule has 3 rings (SSSR count). The summed E-state index contributed by atoms with van der Waals surface area (Å²) >= 11 is 6.02. The van der Waals surface area contributed by atoms with E-state index in [1.165, 1.54) is 23.1 Å². The molecule has 2 aromatic rings. The Hall–Kier alpha value is -2.26. The minimum atomic E-state index is -0.150. The van der Waals surface area contributed by atoms with Crippen LogP contribution in [0.3, 0.4) is 0 Å². The molecule has 0 unspecified atom stereocenters. The van der Waals surface area contributed by atoms with Gasteiger partial charge in [-0.05, 0) is 85.6 Å². The third-order valence-electron chi connectivity index (χ3n) is 5.09. The van der Waals surface area contributed by atoms with Crippen LogP contribution in [0.5, 0.6) is 5.75 Å². The molecule has 0 N–H and O–H groups in total. The number of hydrogen-bond donors (Lipinski definition) is 0. The maximum atomic E-state index is 11.5. The van der Waals surface area contributed by atoms with Gasteiger partial charge in [-0.3, -0.25) is 4.79 Å². The van der Waals surface area contributed by atoms with E-state index >= 15 is 0 Å². The highest BCUT2D eigenvalue weighted by Crippen LogP contribution is 2.35. The first kappa shape index (κ1) is 20.5. The predicted octanol–water partition coefficient (Wildman–Crippen LogP) is 6.16. The van der Waals surface area contributed by atoms with Crippen LogP contribution in [0.2, 0.25) is 5.02 Å². The Morgan fingerprint density at radius 1 is 1.11 bits per heavy atom. The highest BCUT2D eigenvalue weighted by Gasteiger charge is 2.17. The van der Waals surface area contributed by atoms with E-state index in [2.05, 4.69) is 18.2 Å². The van der Waals surface area contributed by atoms with Gasteiger partial charge >= 0.3 is 5.97 Å². The number of carbonyl (C=O) groups is 1. The number of carbonyl (C=O) groups excluding carboxylic acids is 1. The highest BCUT2D eigenvalue weighted by atomic mass is 35.5. The van der Waals surface area contributed by atoms with Crippen LogP contribution >= 0.6 is 11.6 Å². The number of hydrogen-bond acceptors (Lipinski definition) is 3. The molecule has 148 valence electrons. The Kier molecular flexibility index (Phi) is 7.16. The van der Waals surface area contributed by atoms with Crippen molar-refractivity contribution in [2.45, 2.75) is 46.0 Å². The lowest BCUT2D eigenvalue weighted by Gasteiger charge is -2.13. The van der Waals surface area contributed by atoms with Crippen LogP contribution in [-0.2, 0) is 16.0 Å². The second-order valence-corrected chi connectivity index (χ2v) is 7.57. The second kappa shape index (κ2) is 9.79. The molecule has 0 saturated heterocycles. The van der Waals surface area contributed by atoms with Crippen molar-refractivity contribution in [2.75, 3.05) is 13.2 Å². The van der Waals surface area contributed by atoms with Gasteiger partial charge in [-0.15, -0.1) is 0 Å². The number of aryl methyl sites for hydroxylation is 2. The van der Waals surface area contributed by atoms with Crippen molar-refractivity contribution in [1.82, 2.24) is 0 Å². The molecule has 0 bridgehead atoms. The molecule has 0 saturated carbocycles. The van der Waals surface area contributed by atoms with Crippen LogP contribution < -0.4 is 4.74 Å². The fraction of sp³-hybridized carbons (Fsp3) is 0.375. The minimum absolute atomic E-state index is 0.150. The van der Waals surface area contributed by atoms with E-state index in [9.17, 15) is 4.79 Å². The van der Waals surface area contributed by atoms with Gasteiger partial charge in [-0.2, -0.15) is 0 Å². The summed E-state index contributed by atoms with van der Waals surface area (Å²) in [6.45, 7) is 4.91. The van der Waals surface area contributed by atoms with E-state index in [1.54, 1.807) is 0 Å². The summed E-state index contributed by atoms with van der Waals surface area (Å²) in [6.07, 6.45) is 4.43. The quantitative estimate of drug-likeness (QED) is 0.499. The maximum absolute atomic E-state index is 11.5. The SMILES string of the molecule is CCOC(=O)CCc1ccc(OCC2=C(c3ccc(Cl)cc3)CCC2)c(C)c1. The fourth-order valence-corrected chi connectivity index (χ4v) is 3.76. The van der Waals surface area contributed by atoms with E-state index in [-0.39, 0.29) is 5.97 Å². The molecule has 0 heterocycles. The van der Waals surface area contributed by atoms with Gasteiger partial charge in [0.2, 0.25) is 0 Å². The van der Waals surface area contributed by atoms with Crippen LogP contribution in [0, 0.1) is 6.92 Å². The summed E-state index contributed by atoms with van der Waals surface area (Å²) < 4.78 is 11.1. The van der Waals surface area contributed by atoms with Gasteiger partial charge < -0.3 is 9.47 Å². The molecule has 4 heteroatoms. The zero-order valence-electron chi connectivity index (χ0n) is 16.6. The maximum Gasteiger partial charge on any atom is 0.306 e. The first-order chi connectivity index (χ1) is 13.6. The van der Waals surface area contributed by atoms with Crippen molar-refractivity contribution >= 4 is 23.1 Å². The molecule has 0 aliphatic heterocycles. The first-order valence-corrected chi connectivity index (χ1v) is 10.3. The first-order valence-electron chi connectivity index (χ1n) is 9.91. The van der Waals surface area contributed by atoms with Gasteiger partial charge in [-0.1, -0.05) is 35.9 Å². The Bertz CT molecular complexity index is 853. The number of rotatable bonds is 8. The summed E-state index contributed by atoms with van der Waals surface area (Å²) in [4.78, 5) is 11.5. The Labute approximate surface area is 172 Å². The van der Waals surface area contributed by atoms with Crippen molar-refractivity contribution in [3.63, 3.8) is 0 Å². The Balaban J connectivity index is 1.63. The molecule has 28 heavy (non-hydrogen) atoms. The number of allylic oxidation sites excluding steroid dienone is 1. The van der Waals surface area contributed by atoms with E-state index in [0.29, 0.717) is 26.1 Å². The third kappa shape index (κ3) is 5.39. The third-order valence-corrected chi connectivity index (χ3v) is 5.34. The van der Waals surface area contributed by atoms with Crippen LogP contribution in [0.25, 0.3) is 5.57 Å². The lowest BCUT2D eigenvalue weighted by Crippen LogP contribution is -2.06. The summed E-state index contributed by atoms with van der Waals surface area (Å²) in [7, 11) is 0. The van der Waals surface area contributed by atoms with Gasteiger partial charge in [0, 0.05) is 11.4 Å². The van der Waals surface area contributed by atoms with Crippen molar-refractivity contribution in [1.29, 1.82) is 0 Å². The van der Waals surface area contributed by atoms with Gasteiger partial charge in [0.25, 0.3) is 0 Å². The number of esters is 1. The van der Waals surface area contributed by atoms with Crippen LogP contribution in [0.4, 0.5) is 0 Å². The van der Waals surface area contributed by atoms with Gasteiger partial charge in [-0.25, -0.2) is 0 Å². The summed E-state index contributed by atoms with van der Waals surface area (Å²) in [5.74, 6) is 0.748. The molecular formula is C24H27ClO3. The van der Waals surface area contributed by atoms with E-state index in [4.69, 9.17) is 21.1 Å². The van der Waals surface area contributed by atoms with E-state index in [1.807, 2.05) is 38.1 Å². The monoisotopic (exact) mass is 398 g/mol. The topological polar surface area (TPSA) is 35.5 Å². The van der Waals surface area contributed by atoms with Crippen molar-refractivity contribution in [3.05, 3.63) is 69.8 Å². The molecule has 0 atom stereocenters. The number of halogens is 1. The largest absolute Gasteiger partial charge is 0.489 e.